The number of carboxylic acids is 4. The number of aromatic carboxylic acids is 4. The second-order valence-corrected chi connectivity index (χ2v) is 16.0. The lowest BCUT2D eigenvalue weighted by molar-refractivity contribution is 0.0682. The van der Waals surface area contributed by atoms with Gasteiger partial charge in [-0.3, -0.25) is 23.6 Å². The lowest BCUT2D eigenvalue weighted by Crippen LogP contribution is -2.20. The molecule has 0 spiro atoms. The number of guanidine groups is 1. The molecule has 0 saturated carbocycles. The van der Waals surface area contributed by atoms with Crippen molar-refractivity contribution in [2.75, 3.05) is 14.2 Å². The van der Waals surface area contributed by atoms with E-state index in [4.69, 9.17) is 74.7 Å². The van der Waals surface area contributed by atoms with E-state index in [1.807, 2.05) is 0 Å². The first-order valence-corrected chi connectivity index (χ1v) is 20.9. The first-order chi connectivity index (χ1) is 29.0. The molecule has 33 heteroatoms. The lowest BCUT2D eigenvalue weighted by atomic mass is 10.2. The van der Waals surface area contributed by atoms with Gasteiger partial charge in [-0.1, -0.05) is 0 Å². The van der Waals surface area contributed by atoms with Gasteiger partial charge in [0.15, 0.2) is 5.96 Å². The van der Waals surface area contributed by atoms with Crippen LogP contribution in [0, 0.1) is 5.41 Å². The Morgan fingerprint density at radius 1 is 0.391 bits per heavy atom. The van der Waals surface area contributed by atoms with Gasteiger partial charge in [0.05, 0.1) is 19.6 Å². The Kier molecular flexibility index (Phi) is 25.1. The quantitative estimate of drug-likeness (QED) is 0.0595. The molecule has 0 amide bonds. The Bertz CT molecular complexity index is 2390. The smallest absolute Gasteiger partial charge is 0.339 e. The van der Waals surface area contributed by atoms with Crippen LogP contribution < -0.4 is 11.5 Å². The monoisotopic (exact) mass is 995 g/mol. The molecule has 4 rings (SSSR count). The van der Waals surface area contributed by atoms with E-state index in [1.165, 1.54) is 0 Å². The maximum atomic E-state index is 10.6. The minimum atomic E-state index is -4.45. The average Bonchev–Trinajstić information content (AvgIpc) is 3.15. The van der Waals surface area contributed by atoms with E-state index >= 15 is 0 Å². The normalized spacial score (nSPS) is 10.4. The van der Waals surface area contributed by atoms with Gasteiger partial charge >= 0.3 is 23.9 Å². The molecule has 4 aromatic carbocycles. The summed E-state index contributed by atoms with van der Waals surface area (Å²) in [5.74, 6) is -8.51. The van der Waals surface area contributed by atoms with Crippen LogP contribution in [-0.2, 0) is 40.5 Å². The molecule has 29 nitrogen and oxygen atoms in total. The second-order valence-electron chi connectivity index (χ2n) is 10.3. The molecule has 0 saturated heterocycles. The first-order valence-electron chi connectivity index (χ1n) is 15.2. The highest BCUT2D eigenvalue weighted by Crippen LogP contribution is 2.24. The summed E-state index contributed by atoms with van der Waals surface area (Å²) in [5.41, 5.74) is 6.61. The summed E-state index contributed by atoms with van der Waals surface area (Å²) in [6, 6.07) is 9.82. The van der Waals surface area contributed by atoms with Crippen molar-refractivity contribution in [3.8, 4) is 23.0 Å². The summed E-state index contributed by atoms with van der Waals surface area (Å²) in [5, 5.41) is 90.2. The minimum Gasteiger partial charge on any atom is -0.507 e. The molecule has 0 aliphatic carbocycles. The minimum absolute atomic E-state index is 0.333. The molecule has 0 atom stereocenters. The van der Waals surface area contributed by atoms with Gasteiger partial charge in [0.2, 0.25) is 0 Å². The van der Waals surface area contributed by atoms with Crippen molar-refractivity contribution >= 4 is 70.3 Å². The van der Waals surface area contributed by atoms with Crippen LogP contribution in [0.15, 0.2) is 92.4 Å². The maximum absolute atomic E-state index is 10.6. The number of aromatic hydroxyl groups is 4. The maximum Gasteiger partial charge on any atom is 0.339 e. The number of phenols is 4. The van der Waals surface area contributed by atoms with Crippen molar-refractivity contribution < 1.29 is 122 Å². The van der Waals surface area contributed by atoms with Gasteiger partial charge in [0.1, 0.15) is 45.3 Å². The summed E-state index contributed by atoms with van der Waals surface area (Å²) in [6.45, 7) is 0. The summed E-state index contributed by atoms with van der Waals surface area (Å²) < 4.78 is 119. The van der Waals surface area contributed by atoms with Crippen molar-refractivity contribution in [1.82, 2.24) is 0 Å². The van der Waals surface area contributed by atoms with Crippen LogP contribution in [0.2, 0.25) is 0 Å². The van der Waals surface area contributed by atoms with E-state index in [0.29, 0.717) is 24.3 Å². The molecular weight excluding hydrogens is 959 g/mol. The van der Waals surface area contributed by atoms with Gasteiger partial charge in [0.25, 0.3) is 40.5 Å². The number of nitrogens with one attached hydrogen (secondary N) is 1. The zero-order valence-electron chi connectivity index (χ0n) is 31.9. The SMILES string of the molecule is CO.CO.N=C(N)N.O=C(O)c1cc(S(=O)(=O)O)ccc1O.O=C(O)c1cc(S(=O)(=O)O)ccc1O.O=C(O)c1cc(S(=O)(=O)O)ccc1O.O=C(O)c1cc(S(=O)(=O)O)ccc1O. The van der Waals surface area contributed by atoms with Crippen LogP contribution in [0.25, 0.3) is 0 Å². The van der Waals surface area contributed by atoms with Crippen LogP contribution in [0.3, 0.4) is 0 Å². The number of aliphatic hydroxyl groups excluding tert-OH is 2. The van der Waals surface area contributed by atoms with Gasteiger partial charge in [-0.2, -0.15) is 33.7 Å². The first kappa shape index (κ1) is 61.1. The third-order valence-corrected chi connectivity index (χ3v) is 9.38. The topological polar surface area (TPSA) is 564 Å². The van der Waals surface area contributed by atoms with Gasteiger partial charge < -0.3 is 62.5 Å². The van der Waals surface area contributed by atoms with Crippen molar-refractivity contribution in [2.24, 2.45) is 11.5 Å². The fourth-order valence-corrected chi connectivity index (χ4v) is 5.41. The van der Waals surface area contributed by atoms with Gasteiger partial charge in [-0.15, -0.1) is 0 Å². The van der Waals surface area contributed by atoms with Crippen molar-refractivity contribution in [1.29, 1.82) is 5.41 Å². The van der Waals surface area contributed by atoms with Crippen LogP contribution in [-0.4, -0.2) is 147 Å². The van der Waals surface area contributed by atoms with E-state index in [1.54, 1.807) is 0 Å². The molecule has 0 radical (unpaired) electrons. The highest BCUT2D eigenvalue weighted by Gasteiger charge is 2.19. The van der Waals surface area contributed by atoms with E-state index in [-0.39, 0.29) is 5.96 Å². The zero-order chi connectivity index (χ0) is 51.3. The number of carbonyl (C=O) groups is 4. The van der Waals surface area contributed by atoms with E-state index < -0.39 is 129 Å². The van der Waals surface area contributed by atoms with Crippen molar-refractivity contribution in [3.05, 3.63) is 95.1 Å². The molecule has 0 aliphatic rings. The molecule has 0 unspecified atom stereocenters. The summed E-state index contributed by atoms with van der Waals surface area (Å²) in [6.07, 6.45) is 0. The Hall–Kier alpha value is -7.21. The predicted molar refractivity (Wildman–Crippen MR) is 212 cm³/mol. The van der Waals surface area contributed by atoms with E-state index in [0.717, 1.165) is 62.8 Å². The molecule has 0 heterocycles. The van der Waals surface area contributed by atoms with Gasteiger partial charge in [0, 0.05) is 14.2 Å². The standard InChI is InChI=1S/4C7H6O6S.CH5N3.2CH4O/c4*8-6-2-1-4(14(11,12)13)3-5(6)7(9)10;2-1(3)4;2*1-2/h4*1-3,8H,(H,9,10)(H,11,12,13);(H5,2,3,4);2*2H,1H3. The Morgan fingerprint density at radius 2 is 0.516 bits per heavy atom. The molecule has 64 heavy (non-hydrogen) atoms. The number of hydrogen-bond acceptors (Lipinski definition) is 19. The number of carboxylic acid groups (broad SMARTS) is 4. The third-order valence-electron chi connectivity index (χ3n) is 5.99. The molecule has 0 aliphatic heterocycles. The Balaban J connectivity index is -0.000000733. The fraction of sp³-hybridized carbons (Fsp3) is 0.0645. The summed E-state index contributed by atoms with van der Waals surface area (Å²) in [7, 11) is -15.8. The van der Waals surface area contributed by atoms with Crippen LogP contribution in [0.5, 0.6) is 23.0 Å². The van der Waals surface area contributed by atoms with Crippen molar-refractivity contribution in [2.45, 2.75) is 19.6 Å². The van der Waals surface area contributed by atoms with Crippen LogP contribution in [0.4, 0.5) is 0 Å². The fourth-order valence-electron chi connectivity index (χ4n) is 3.39. The lowest BCUT2D eigenvalue weighted by Gasteiger charge is -2.01. The molecule has 0 bridgehead atoms. The second kappa shape index (κ2) is 26.3. The molecular formula is C31H37N3O26S4. The molecule has 356 valence electrons. The summed E-state index contributed by atoms with van der Waals surface area (Å²) in [4.78, 5) is 39.6. The van der Waals surface area contributed by atoms with E-state index in [2.05, 4.69) is 11.5 Å². The number of nitrogens with two attached hydrogens (primary N) is 2. The number of benzene rings is 4. The number of hydrogen-bond donors (Lipinski definition) is 17. The molecule has 19 N–H and O–H groups in total. The number of aliphatic hydroxyl groups is 2. The van der Waals surface area contributed by atoms with Gasteiger partial charge in [-0.05, 0) is 72.8 Å². The Labute approximate surface area is 360 Å². The highest BCUT2D eigenvalue weighted by atomic mass is 32.2. The molecule has 0 fully saturated rings. The Morgan fingerprint density at radius 3 is 0.609 bits per heavy atom. The average molecular weight is 996 g/mol. The highest BCUT2D eigenvalue weighted by molar-refractivity contribution is 7.86. The summed E-state index contributed by atoms with van der Waals surface area (Å²) >= 11 is 0. The number of rotatable bonds is 8. The van der Waals surface area contributed by atoms with Crippen LogP contribution >= 0.6 is 0 Å². The third kappa shape index (κ3) is 22.1. The van der Waals surface area contributed by atoms with E-state index in [9.17, 15) is 52.8 Å². The zero-order valence-corrected chi connectivity index (χ0v) is 35.1. The van der Waals surface area contributed by atoms with Crippen LogP contribution in [0.1, 0.15) is 41.4 Å². The molecule has 0 aromatic heterocycles. The largest absolute Gasteiger partial charge is 0.507 e. The van der Waals surface area contributed by atoms with Gasteiger partial charge in [-0.25, -0.2) is 19.2 Å². The predicted octanol–water partition coefficient (Wildman–Crippen LogP) is -0.596. The molecule has 4 aromatic rings. The van der Waals surface area contributed by atoms with Crippen molar-refractivity contribution in [3.63, 3.8) is 0 Å².